The van der Waals surface area contributed by atoms with Crippen molar-refractivity contribution in [1.29, 1.82) is 0 Å². The highest BCUT2D eigenvalue weighted by Gasteiger charge is 2.34. The fraction of sp³-hybridized carbons (Fsp3) is 0.455. The minimum absolute atomic E-state index is 0.153. The highest BCUT2D eigenvalue weighted by atomic mass is 19.4. The number of rotatable bonds is 4. The van der Waals surface area contributed by atoms with Crippen molar-refractivity contribution in [2.24, 2.45) is 13.0 Å². The Labute approximate surface area is 173 Å². The van der Waals surface area contributed by atoms with Crippen molar-refractivity contribution in [3.8, 4) is 5.75 Å². The van der Waals surface area contributed by atoms with Gasteiger partial charge in [-0.1, -0.05) is 13.0 Å². The second-order valence-electron chi connectivity index (χ2n) is 8.00. The van der Waals surface area contributed by atoms with E-state index < -0.39 is 11.7 Å². The maximum atomic E-state index is 13.0. The summed E-state index contributed by atoms with van der Waals surface area (Å²) in [7, 11) is 3.42. The van der Waals surface area contributed by atoms with E-state index in [0.29, 0.717) is 12.3 Å². The van der Waals surface area contributed by atoms with Gasteiger partial charge in [-0.2, -0.15) is 13.2 Å². The molecule has 0 unspecified atom stereocenters. The number of imidazole rings is 1. The van der Waals surface area contributed by atoms with Crippen LogP contribution in [-0.4, -0.2) is 39.6 Å². The fourth-order valence-corrected chi connectivity index (χ4v) is 4.45. The molecule has 2 aromatic heterocycles. The van der Waals surface area contributed by atoms with Crippen LogP contribution in [0.15, 0.2) is 36.5 Å². The molecular weight excluding hydrogens is 393 g/mol. The zero-order valence-electron chi connectivity index (χ0n) is 17.3. The highest BCUT2D eigenvalue weighted by Crippen LogP contribution is 2.41. The number of aryl methyl sites for hydroxylation is 1. The van der Waals surface area contributed by atoms with Crippen molar-refractivity contribution in [2.45, 2.75) is 32.0 Å². The topological polar surface area (TPSA) is 43.2 Å². The maximum Gasteiger partial charge on any atom is 0.416 e. The van der Waals surface area contributed by atoms with Crippen LogP contribution < -0.4 is 4.74 Å². The van der Waals surface area contributed by atoms with Gasteiger partial charge >= 0.3 is 6.18 Å². The summed E-state index contributed by atoms with van der Waals surface area (Å²) in [5, 5.41) is 0. The maximum absolute atomic E-state index is 13.0. The molecule has 0 amide bonds. The highest BCUT2D eigenvalue weighted by molar-refractivity contribution is 5.71. The molecule has 1 fully saturated rings. The van der Waals surface area contributed by atoms with E-state index in [1.54, 1.807) is 12.3 Å². The van der Waals surface area contributed by atoms with Crippen molar-refractivity contribution in [3.63, 3.8) is 0 Å². The van der Waals surface area contributed by atoms with Gasteiger partial charge in [0.25, 0.3) is 0 Å². The van der Waals surface area contributed by atoms with Crippen molar-refractivity contribution < 1.29 is 17.9 Å². The number of hydrogen-bond donors (Lipinski definition) is 0. The van der Waals surface area contributed by atoms with Crippen LogP contribution in [0.4, 0.5) is 13.2 Å². The predicted molar refractivity (Wildman–Crippen MR) is 108 cm³/mol. The van der Waals surface area contributed by atoms with Gasteiger partial charge in [-0.3, -0.25) is 4.90 Å². The summed E-state index contributed by atoms with van der Waals surface area (Å²) in [6.45, 7) is 4.54. The fourth-order valence-electron chi connectivity index (χ4n) is 4.45. The summed E-state index contributed by atoms with van der Waals surface area (Å²) in [6, 6.07) is 7.75. The molecule has 0 spiro atoms. The van der Waals surface area contributed by atoms with Gasteiger partial charge in [0.1, 0.15) is 11.6 Å². The van der Waals surface area contributed by atoms with Crippen molar-refractivity contribution in [3.05, 3.63) is 53.5 Å². The number of benzene rings is 1. The molecule has 0 bridgehead atoms. The molecule has 3 heterocycles. The molecule has 0 aliphatic carbocycles. The third-order valence-corrected chi connectivity index (χ3v) is 6.06. The van der Waals surface area contributed by atoms with Crippen LogP contribution >= 0.6 is 0 Å². The number of nitrogens with zero attached hydrogens (tertiary/aromatic N) is 4. The summed E-state index contributed by atoms with van der Waals surface area (Å²) in [5.41, 5.74) is 1.92. The van der Waals surface area contributed by atoms with E-state index in [0.717, 1.165) is 54.2 Å². The van der Waals surface area contributed by atoms with E-state index >= 15 is 0 Å². The SMILES string of the molecule is COc1cc(C(F)(F)F)ccc1[C@@H]1CCN(Cc2nc3ncccc3n2C)C[C@@H]1C. The first-order valence-corrected chi connectivity index (χ1v) is 10.0. The minimum atomic E-state index is -4.37. The van der Waals surface area contributed by atoms with E-state index in [2.05, 4.69) is 26.4 Å². The van der Waals surface area contributed by atoms with E-state index in [4.69, 9.17) is 4.74 Å². The first-order valence-electron chi connectivity index (χ1n) is 10.0. The Kier molecular flexibility index (Phi) is 5.44. The monoisotopic (exact) mass is 418 g/mol. The van der Waals surface area contributed by atoms with E-state index in [1.165, 1.54) is 7.11 Å². The standard InChI is InChI=1S/C22H25F3N4O/c1-14-12-29(13-20-27-21-18(28(20)2)5-4-9-26-21)10-8-16(14)17-7-6-15(22(23,24)25)11-19(17)30-3/h4-7,9,11,14,16H,8,10,12-13H2,1-3H3/t14-,16+/m0/s1. The van der Waals surface area contributed by atoms with Crippen molar-refractivity contribution >= 4 is 11.2 Å². The van der Waals surface area contributed by atoms with Gasteiger partial charge in [0.2, 0.25) is 0 Å². The quantitative estimate of drug-likeness (QED) is 0.620. The molecule has 160 valence electrons. The summed E-state index contributed by atoms with van der Waals surface area (Å²) in [6.07, 6.45) is -1.78. The van der Waals surface area contributed by atoms with Gasteiger partial charge in [-0.15, -0.1) is 0 Å². The number of methoxy groups -OCH3 is 1. The molecule has 4 rings (SSSR count). The van der Waals surface area contributed by atoms with Crippen LogP contribution in [0, 0.1) is 5.92 Å². The van der Waals surface area contributed by atoms with Crippen LogP contribution in [-0.2, 0) is 19.8 Å². The lowest BCUT2D eigenvalue weighted by Crippen LogP contribution is -2.38. The Bertz CT molecular complexity index is 1050. The second kappa shape index (κ2) is 7.91. The zero-order chi connectivity index (χ0) is 21.5. The van der Waals surface area contributed by atoms with Crippen LogP contribution in [0.3, 0.4) is 0 Å². The molecule has 5 nitrogen and oxygen atoms in total. The molecule has 1 aromatic carbocycles. The second-order valence-corrected chi connectivity index (χ2v) is 8.00. The van der Waals surface area contributed by atoms with Crippen LogP contribution in [0.2, 0.25) is 0 Å². The van der Waals surface area contributed by atoms with Gasteiger partial charge < -0.3 is 9.30 Å². The van der Waals surface area contributed by atoms with E-state index in [1.807, 2.05) is 19.2 Å². The molecule has 8 heteroatoms. The summed E-state index contributed by atoms with van der Waals surface area (Å²) < 4.78 is 46.5. The normalized spacial score (nSPS) is 20.6. The molecule has 30 heavy (non-hydrogen) atoms. The smallest absolute Gasteiger partial charge is 0.416 e. The van der Waals surface area contributed by atoms with Crippen molar-refractivity contribution in [1.82, 2.24) is 19.4 Å². The van der Waals surface area contributed by atoms with Crippen LogP contribution in [0.5, 0.6) is 5.75 Å². The molecular formula is C22H25F3N4O. The lowest BCUT2D eigenvalue weighted by Gasteiger charge is -2.37. The predicted octanol–water partition coefficient (Wildman–Crippen LogP) is 4.62. The number of ether oxygens (including phenoxy) is 1. The number of halogens is 3. The minimum Gasteiger partial charge on any atom is -0.496 e. The largest absolute Gasteiger partial charge is 0.496 e. The number of pyridine rings is 1. The Morgan fingerprint density at radius 3 is 2.70 bits per heavy atom. The summed E-state index contributed by atoms with van der Waals surface area (Å²) in [5.74, 6) is 1.70. The number of likely N-dealkylation sites (tertiary alicyclic amines) is 1. The zero-order valence-corrected chi connectivity index (χ0v) is 17.3. The third kappa shape index (κ3) is 3.88. The number of fused-ring (bicyclic) bond motifs is 1. The lowest BCUT2D eigenvalue weighted by atomic mass is 9.81. The van der Waals surface area contributed by atoms with Gasteiger partial charge in [-0.25, -0.2) is 9.97 Å². The first-order chi connectivity index (χ1) is 14.3. The van der Waals surface area contributed by atoms with Gasteiger partial charge in [0.05, 0.1) is 24.7 Å². The Hall–Kier alpha value is -2.61. The number of hydrogen-bond acceptors (Lipinski definition) is 4. The van der Waals surface area contributed by atoms with Crippen molar-refractivity contribution in [2.75, 3.05) is 20.2 Å². The summed E-state index contributed by atoms with van der Waals surface area (Å²) in [4.78, 5) is 11.3. The van der Waals surface area contributed by atoms with E-state index in [-0.39, 0.29) is 11.8 Å². The average Bonchev–Trinajstić information content (AvgIpc) is 3.03. The first kappa shape index (κ1) is 20.7. The van der Waals surface area contributed by atoms with E-state index in [9.17, 15) is 13.2 Å². The molecule has 0 saturated carbocycles. The Morgan fingerprint density at radius 2 is 2.03 bits per heavy atom. The average molecular weight is 418 g/mol. The van der Waals surface area contributed by atoms with Crippen LogP contribution in [0.1, 0.15) is 36.2 Å². The van der Waals surface area contributed by atoms with Crippen LogP contribution in [0.25, 0.3) is 11.2 Å². The van der Waals surface area contributed by atoms with Gasteiger partial charge in [-0.05, 0) is 54.6 Å². The molecule has 2 atom stereocenters. The molecule has 1 saturated heterocycles. The van der Waals surface area contributed by atoms with Gasteiger partial charge in [0, 0.05) is 19.8 Å². The Balaban J connectivity index is 1.50. The third-order valence-electron chi connectivity index (χ3n) is 6.06. The molecule has 3 aromatic rings. The lowest BCUT2D eigenvalue weighted by molar-refractivity contribution is -0.137. The number of piperidine rings is 1. The molecule has 0 radical (unpaired) electrons. The molecule has 0 N–H and O–H groups in total. The number of alkyl halides is 3. The Morgan fingerprint density at radius 1 is 1.23 bits per heavy atom. The van der Waals surface area contributed by atoms with Gasteiger partial charge in [0.15, 0.2) is 5.65 Å². The number of aromatic nitrogens is 3. The summed E-state index contributed by atoms with van der Waals surface area (Å²) >= 11 is 0. The molecule has 1 aliphatic heterocycles. The molecule has 1 aliphatic rings.